The lowest BCUT2D eigenvalue weighted by molar-refractivity contribution is -0.122. The average Bonchev–Trinajstić information content (AvgIpc) is 2.90. The maximum atomic E-state index is 11.9. The molecule has 0 spiro atoms. The van der Waals surface area contributed by atoms with E-state index in [0.29, 0.717) is 18.3 Å². The summed E-state index contributed by atoms with van der Waals surface area (Å²) < 4.78 is 0. The minimum absolute atomic E-state index is 0. The van der Waals surface area contributed by atoms with Gasteiger partial charge in [-0.25, -0.2) is 0 Å². The van der Waals surface area contributed by atoms with E-state index < -0.39 is 0 Å². The lowest BCUT2D eigenvalue weighted by Gasteiger charge is -2.28. The monoisotopic (exact) mass is 288 g/mol. The van der Waals surface area contributed by atoms with E-state index in [1.165, 1.54) is 38.5 Å². The van der Waals surface area contributed by atoms with Gasteiger partial charge in [-0.3, -0.25) is 4.79 Å². The zero-order valence-corrected chi connectivity index (χ0v) is 12.9. The number of piperidine rings is 1. The van der Waals surface area contributed by atoms with Crippen molar-refractivity contribution in [2.24, 2.45) is 17.8 Å². The number of hydrogen-bond acceptors (Lipinski definition) is 2. The summed E-state index contributed by atoms with van der Waals surface area (Å²) in [6.45, 7) is 5.38. The largest absolute Gasteiger partial charge is 0.356 e. The molecule has 1 saturated carbocycles. The SMILES string of the molecule is CC(CC(=O)NCC1CCCC1)C1CCCNC1.Cl. The summed E-state index contributed by atoms with van der Waals surface area (Å²) in [6.07, 6.45) is 8.57. The molecule has 0 bridgehead atoms. The lowest BCUT2D eigenvalue weighted by Crippen LogP contribution is -2.36. The third-order valence-electron chi connectivity index (χ3n) is 4.71. The van der Waals surface area contributed by atoms with Crippen molar-refractivity contribution in [1.82, 2.24) is 10.6 Å². The Labute approximate surface area is 123 Å². The Morgan fingerprint density at radius 3 is 2.63 bits per heavy atom. The van der Waals surface area contributed by atoms with Crippen molar-refractivity contribution in [3.63, 3.8) is 0 Å². The molecule has 2 unspecified atom stereocenters. The fourth-order valence-electron chi connectivity index (χ4n) is 3.37. The van der Waals surface area contributed by atoms with Gasteiger partial charge in [0.1, 0.15) is 0 Å². The molecule has 0 aromatic rings. The van der Waals surface area contributed by atoms with Crippen LogP contribution in [0.4, 0.5) is 0 Å². The van der Waals surface area contributed by atoms with Crippen molar-refractivity contribution in [2.75, 3.05) is 19.6 Å². The highest BCUT2D eigenvalue weighted by molar-refractivity contribution is 5.85. The summed E-state index contributed by atoms with van der Waals surface area (Å²) >= 11 is 0. The lowest BCUT2D eigenvalue weighted by atomic mass is 9.85. The van der Waals surface area contributed by atoms with E-state index in [1.807, 2.05) is 0 Å². The Morgan fingerprint density at radius 2 is 2.00 bits per heavy atom. The first kappa shape index (κ1) is 16.8. The van der Waals surface area contributed by atoms with E-state index in [4.69, 9.17) is 0 Å². The van der Waals surface area contributed by atoms with Gasteiger partial charge in [0.2, 0.25) is 5.91 Å². The van der Waals surface area contributed by atoms with E-state index in [0.717, 1.165) is 25.6 Å². The average molecular weight is 289 g/mol. The van der Waals surface area contributed by atoms with Crippen LogP contribution < -0.4 is 10.6 Å². The minimum Gasteiger partial charge on any atom is -0.356 e. The maximum absolute atomic E-state index is 11.9. The highest BCUT2D eigenvalue weighted by atomic mass is 35.5. The molecule has 1 amide bonds. The van der Waals surface area contributed by atoms with E-state index in [1.54, 1.807) is 0 Å². The van der Waals surface area contributed by atoms with E-state index in [9.17, 15) is 4.79 Å². The molecule has 1 saturated heterocycles. The smallest absolute Gasteiger partial charge is 0.220 e. The number of hydrogen-bond donors (Lipinski definition) is 2. The summed E-state index contributed by atoms with van der Waals surface area (Å²) in [5, 5.41) is 6.57. The molecule has 1 aliphatic carbocycles. The van der Waals surface area contributed by atoms with Gasteiger partial charge in [0.25, 0.3) is 0 Å². The van der Waals surface area contributed by atoms with Crippen LogP contribution in [0, 0.1) is 17.8 Å². The van der Waals surface area contributed by atoms with Gasteiger partial charge in [-0.05, 0) is 56.5 Å². The zero-order valence-electron chi connectivity index (χ0n) is 12.1. The number of carbonyl (C=O) groups excluding carboxylic acids is 1. The number of rotatable bonds is 5. The van der Waals surface area contributed by atoms with Crippen LogP contribution in [0.3, 0.4) is 0 Å². The first-order valence-electron chi connectivity index (χ1n) is 7.73. The summed E-state index contributed by atoms with van der Waals surface area (Å²) in [6, 6.07) is 0. The Morgan fingerprint density at radius 1 is 1.26 bits per heavy atom. The third-order valence-corrected chi connectivity index (χ3v) is 4.71. The fourth-order valence-corrected chi connectivity index (χ4v) is 3.37. The van der Waals surface area contributed by atoms with E-state index in [-0.39, 0.29) is 18.3 Å². The van der Waals surface area contributed by atoms with Crippen LogP contribution in [0.15, 0.2) is 0 Å². The van der Waals surface area contributed by atoms with Crippen LogP contribution >= 0.6 is 12.4 Å². The second-order valence-corrected chi connectivity index (χ2v) is 6.24. The van der Waals surface area contributed by atoms with Crippen LogP contribution in [-0.2, 0) is 4.79 Å². The van der Waals surface area contributed by atoms with Crippen molar-refractivity contribution in [3.8, 4) is 0 Å². The molecule has 2 N–H and O–H groups in total. The number of amides is 1. The van der Waals surface area contributed by atoms with Crippen LogP contribution in [-0.4, -0.2) is 25.5 Å². The number of nitrogens with one attached hydrogen (secondary N) is 2. The number of carbonyl (C=O) groups is 1. The molecule has 2 aliphatic rings. The molecule has 2 rings (SSSR count). The molecule has 0 radical (unpaired) electrons. The Kier molecular flexibility index (Phi) is 7.77. The Bertz CT molecular complexity index is 261. The van der Waals surface area contributed by atoms with Crippen LogP contribution in [0.25, 0.3) is 0 Å². The first-order valence-corrected chi connectivity index (χ1v) is 7.73. The highest BCUT2D eigenvalue weighted by Gasteiger charge is 2.22. The molecule has 1 aliphatic heterocycles. The van der Waals surface area contributed by atoms with Crippen molar-refractivity contribution >= 4 is 18.3 Å². The molecule has 2 atom stereocenters. The van der Waals surface area contributed by atoms with Gasteiger partial charge in [-0.2, -0.15) is 0 Å². The van der Waals surface area contributed by atoms with E-state index in [2.05, 4.69) is 17.6 Å². The quantitative estimate of drug-likeness (QED) is 0.817. The van der Waals surface area contributed by atoms with Crippen molar-refractivity contribution in [3.05, 3.63) is 0 Å². The summed E-state index contributed by atoms with van der Waals surface area (Å²) in [5.41, 5.74) is 0. The van der Waals surface area contributed by atoms with Gasteiger partial charge in [0.05, 0.1) is 0 Å². The molecule has 0 aromatic heterocycles. The third kappa shape index (κ3) is 5.70. The first-order chi connectivity index (χ1) is 8.75. The van der Waals surface area contributed by atoms with Gasteiger partial charge in [0, 0.05) is 13.0 Å². The molecule has 4 heteroatoms. The Hall–Kier alpha value is -0.280. The standard InChI is InChI=1S/C15H28N2O.ClH/c1-12(14-7-4-8-16-11-14)9-15(18)17-10-13-5-2-3-6-13;/h12-14,16H,2-11H2,1H3,(H,17,18);1H. The summed E-state index contributed by atoms with van der Waals surface area (Å²) in [7, 11) is 0. The molecular weight excluding hydrogens is 260 g/mol. The second-order valence-electron chi connectivity index (χ2n) is 6.24. The minimum atomic E-state index is 0. The van der Waals surface area contributed by atoms with Crippen LogP contribution in [0.2, 0.25) is 0 Å². The molecule has 112 valence electrons. The van der Waals surface area contributed by atoms with Crippen LogP contribution in [0.5, 0.6) is 0 Å². The Balaban J connectivity index is 0.00000180. The van der Waals surface area contributed by atoms with Crippen LogP contribution in [0.1, 0.15) is 51.9 Å². The van der Waals surface area contributed by atoms with Crippen molar-refractivity contribution in [2.45, 2.75) is 51.9 Å². The molecule has 2 fully saturated rings. The van der Waals surface area contributed by atoms with Gasteiger partial charge in [0.15, 0.2) is 0 Å². The molecule has 19 heavy (non-hydrogen) atoms. The molecule has 0 aromatic carbocycles. The summed E-state index contributed by atoms with van der Waals surface area (Å²) in [4.78, 5) is 11.9. The summed E-state index contributed by atoms with van der Waals surface area (Å²) in [5.74, 6) is 2.22. The van der Waals surface area contributed by atoms with Gasteiger partial charge >= 0.3 is 0 Å². The number of halogens is 1. The van der Waals surface area contributed by atoms with Crippen molar-refractivity contribution < 1.29 is 4.79 Å². The normalized spacial score (nSPS) is 25.6. The molecule has 1 heterocycles. The second kappa shape index (κ2) is 8.80. The topological polar surface area (TPSA) is 41.1 Å². The van der Waals surface area contributed by atoms with Gasteiger partial charge in [-0.15, -0.1) is 12.4 Å². The maximum Gasteiger partial charge on any atom is 0.220 e. The highest BCUT2D eigenvalue weighted by Crippen LogP contribution is 2.24. The van der Waals surface area contributed by atoms with Gasteiger partial charge in [-0.1, -0.05) is 19.8 Å². The van der Waals surface area contributed by atoms with Crippen molar-refractivity contribution in [1.29, 1.82) is 0 Å². The fraction of sp³-hybridized carbons (Fsp3) is 0.933. The van der Waals surface area contributed by atoms with Gasteiger partial charge < -0.3 is 10.6 Å². The predicted octanol–water partition coefficient (Wildman–Crippen LogP) is 2.74. The predicted molar refractivity (Wildman–Crippen MR) is 81.6 cm³/mol. The van der Waals surface area contributed by atoms with E-state index >= 15 is 0 Å². The molecular formula is C15H29ClN2O. The molecule has 3 nitrogen and oxygen atoms in total. The zero-order chi connectivity index (χ0) is 12.8.